The Morgan fingerprint density at radius 1 is 1.30 bits per heavy atom. The molecule has 1 aromatic heterocycles. The van der Waals surface area contributed by atoms with E-state index in [1.165, 1.54) is 18.0 Å². The predicted molar refractivity (Wildman–Crippen MR) is 80.6 cm³/mol. The van der Waals surface area contributed by atoms with E-state index in [1.807, 2.05) is 24.3 Å². The maximum Gasteiger partial charge on any atom is 0.345 e. The zero-order valence-corrected chi connectivity index (χ0v) is 12.7. The quantitative estimate of drug-likeness (QED) is 0.272. The van der Waals surface area contributed by atoms with Crippen molar-refractivity contribution in [2.75, 3.05) is 5.75 Å². The minimum absolute atomic E-state index is 0.113. The summed E-state index contributed by atoms with van der Waals surface area (Å²) in [7, 11) is 0. The average molecular weight is 352 g/mol. The molecule has 0 spiro atoms. The normalized spacial score (nSPS) is 10.7. The Morgan fingerprint density at radius 3 is 2.70 bits per heavy atom. The van der Waals surface area contributed by atoms with E-state index < -0.39 is 5.97 Å². The lowest BCUT2D eigenvalue weighted by molar-refractivity contribution is -0.140. The smallest absolute Gasteiger partial charge is 0.317 e. The Balaban J connectivity index is 1.76. The van der Waals surface area contributed by atoms with Crippen LogP contribution in [0.25, 0.3) is 0 Å². The van der Waals surface area contributed by atoms with Gasteiger partial charge in [-0.05, 0) is 23.8 Å². The summed E-state index contributed by atoms with van der Waals surface area (Å²) in [6.07, 6.45) is 4.72. The number of carbonyl (C=O) groups is 1. The highest BCUT2D eigenvalue weighted by Gasteiger charge is 2.05. The fraction of sp³-hybridized carbons (Fsp3) is 0.0769. The third-order valence-corrected chi connectivity index (χ3v) is 3.47. The summed E-state index contributed by atoms with van der Waals surface area (Å²) >= 11 is 4.53. The first-order chi connectivity index (χ1) is 9.74. The standard InChI is InChI=1S/C13H10BrN3O2S/c14-11-4-2-10(3-5-11)8-17-19-12(18)9-20-13-15-6-1-7-16-13/h1-8H,9H2/b17-8-. The summed E-state index contributed by atoms with van der Waals surface area (Å²) in [5.74, 6) is -0.336. The summed E-state index contributed by atoms with van der Waals surface area (Å²) in [5, 5.41) is 4.17. The third-order valence-electron chi connectivity index (χ3n) is 2.09. The molecule has 20 heavy (non-hydrogen) atoms. The summed E-state index contributed by atoms with van der Waals surface area (Å²) in [6, 6.07) is 9.18. The number of oxime groups is 1. The van der Waals surface area contributed by atoms with Gasteiger partial charge in [0.05, 0.1) is 6.21 Å². The molecule has 0 fully saturated rings. The highest BCUT2D eigenvalue weighted by Crippen LogP contribution is 2.11. The van der Waals surface area contributed by atoms with Crippen LogP contribution in [0.5, 0.6) is 0 Å². The largest absolute Gasteiger partial charge is 0.345 e. The molecule has 2 rings (SSSR count). The highest BCUT2D eigenvalue weighted by molar-refractivity contribution is 9.10. The second-order valence-electron chi connectivity index (χ2n) is 3.57. The fourth-order valence-corrected chi connectivity index (χ4v) is 2.04. The summed E-state index contributed by atoms with van der Waals surface area (Å²) in [4.78, 5) is 24.2. The molecule has 0 saturated heterocycles. The number of benzene rings is 1. The molecule has 5 nitrogen and oxygen atoms in total. The Labute approximate surface area is 128 Å². The van der Waals surface area contributed by atoms with Gasteiger partial charge >= 0.3 is 5.97 Å². The van der Waals surface area contributed by atoms with Gasteiger partial charge in [-0.1, -0.05) is 45.0 Å². The molecule has 0 bridgehead atoms. The molecule has 102 valence electrons. The lowest BCUT2D eigenvalue weighted by atomic mass is 10.2. The molecule has 0 radical (unpaired) electrons. The van der Waals surface area contributed by atoms with E-state index in [-0.39, 0.29) is 5.75 Å². The third kappa shape index (κ3) is 5.10. The molecule has 0 aliphatic heterocycles. The van der Waals surface area contributed by atoms with Crippen LogP contribution in [0.4, 0.5) is 0 Å². The molecule has 0 amide bonds. The Morgan fingerprint density at radius 2 is 2.00 bits per heavy atom. The van der Waals surface area contributed by atoms with Crippen LogP contribution in [-0.2, 0) is 9.63 Å². The highest BCUT2D eigenvalue weighted by atomic mass is 79.9. The molecular formula is C13H10BrN3O2S. The monoisotopic (exact) mass is 351 g/mol. The first-order valence-corrected chi connectivity index (χ1v) is 7.40. The minimum atomic E-state index is -0.448. The number of halogens is 1. The van der Waals surface area contributed by atoms with Crippen LogP contribution in [-0.4, -0.2) is 27.9 Å². The number of hydrogen-bond donors (Lipinski definition) is 0. The Hall–Kier alpha value is -1.73. The Bertz CT molecular complexity index is 590. The van der Waals surface area contributed by atoms with E-state index in [1.54, 1.807) is 18.5 Å². The van der Waals surface area contributed by atoms with Crippen molar-refractivity contribution in [1.82, 2.24) is 9.97 Å². The number of carbonyl (C=O) groups excluding carboxylic acids is 1. The van der Waals surface area contributed by atoms with Crippen molar-refractivity contribution >= 4 is 39.9 Å². The topological polar surface area (TPSA) is 64.4 Å². The zero-order valence-electron chi connectivity index (χ0n) is 10.3. The molecule has 0 saturated carbocycles. The Kier molecular flexibility index (Phi) is 5.69. The lowest BCUT2D eigenvalue weighted by Gasteiger charge is -1.97. The summed E-state index contributed by atoms with van der Waals surface area (Å²) in [6.45, 7) is 0. The van der Waals surface area contributed by atoms with Crippen molar-refractivity contribution in [3.05, 3.63) is 52.8 Å². The second-order valence-corrected chi connectivity index (χ2v) is 5.43. The lowest BCUT2D eigenvalue weighted by Crippen LogP contribution is -2.03. The van der Waals surface area contributed by atoms with E-state index in [2.05, 4.69) is 31.1 Å². The van der Waals surface area contributed by atoms with Crippen molar-refractivity contribution in [1.29, 1.82) is 0 Å². The van der Waals surface area contributed by atoms with Crippen LogP contribution in [0.15, 0.2) is 57.5 Å². The van der Waals surface area contributed by atoms with Gasteiger partial charge in [-0.2, -0.15) is 0 Å². The van der Waals surface area contributed by atoms with Crippen LogP contribution in [0, 0.1) is 0 Å². The average Bonchev–Trinajstić information content (AvgIpc) is 2.48. The fourth-order valence-electron chi connectivity index (χ4n) is 1.20. The molecule has 0 unspecified atom stereocenters. The SMILES string of the molecule is O=C(CSc1ncccn1)O/N=C\c1ccc(Br)cc1. The van der Waals surface area contributed by atoms with Gasteiger partial charge in [0.1, 0.15) is 5.75 Å². The molecule has 1 heterocycles. The number of aromatic nitrogens is 2. The molecule has 0 N–H and O–H groups in total. The van der Waals surface area contributed by atoms with Gasteiger partial charge in [-0.3, -0.25) is 0 Å². The molecule has 0 aliphatic rings. The first kappa shape index (κ1) is 14.7. The van der Waals surface area contributed by atoms with Gasteiger partial charge in [-0.15, -0.1) is 0 Å². The summed E-state index contributed by atoms with van der Waals surface area (Å²) < 4.78 is 0.978. The zero-order chi connectivity index (χ0) is 14.2. The first-order valence-electron chi connectivity index (χ1n) is 5.62. The van der Waals surface area contributed by atoms with Gasteiger partial charge in [-0.25, -0.2) is 14.8 Å². The number of thioether (sulfide) groups is 1. The van der Waals surface area contributed by atoms with Crippen LogP contribution in [0.2, 0.25) is 0 Å². The number of nitrogens with zero attached hydrogens (tertiary/aromatic N) is 3. The van der Waals surface area contributed by atoms with Crippen molar-refractivity contribution in [3.8, 4) is 0 Å². The van der Waals surface area contributed by atoms with E-state index in [0.717, 1.165) is 10.0 Å². The van der Waals surface area contributed by atoms with E-state index in [0.29, 0.717) is 5.16 Å². The van der Waals surface area contributed by atoms with Gasteiger partial charge in [0, 0.05) is 16.9 Å². The van der Waals surface area contributed by atoms with E-state index in [4.69, 9.17) is 4.84 Å². The van der Waals surface area contributed by atoms with Gasteiger partial charge in [0.15, 0.2) is 5.16 Å². The predicted octanol–water partition coefficient (Wildman–Crippen LogP) is 2.91. The van der Waals surface area contributed by atoms with E-state index in [9.17, 15) is 4.79 Å². The van der Waals surface area contributed by atoms with Gasteiger partial charge in [0.25, 0.3) is 0 Å². The molecule has 0 aliphatic carbocycles. The van der Waals surface area contributed by atoms with Crippen molar-refractivity contribution in [3.63, 3.8) is 0 Å². The van der Waals surface area contributed by atoms with Crippen molar-refractivity contribution < 1.29 is 9.63 Å². The van der Waals surface area contributed by atoms with Crippen molar-refractivity contribution in [2.24, 2.45) is 5.16 Å². The second kappa shape index (κ2) is 7.76. The molecule has 1 aromatic carbocycles. The van der Waals surface area contributed by atoms with Gasteiger partial charge < -0.3 is 4.84 Å². The van der Waals surface area contributed by atoms with Crippen LogP contribution in [0.1, 0.15) is 5.56 Å². The van der Waals surface area contributed by atoms with Crippen molar-refractivity contribution in [2.45, 2.75) is 5.16 Å². The van der Waals surface area contributed by atoms with Gasteiger partial charge in [0.2, 0.25) is 0 Å². The number of hydrogen-bond acceptors (Lipinski definition) is 6. The van der Waals surface area contributed by atoms with Crippen LogP contribution in [0.3, 0.4) is 0 Å². The molecule has 2 aromatic rings. The maximum atomic E-state index is 11.4. The minimum Gasteiger partial charge on any atom is -0.317 e. The van der Waals surface area contributed by atoms with Crippen LogP contribution < -0.4 is 0 Å². The molecule has 7 heteroatoms. The molecular weight excluding hydrogens is 342 g/mol. The maximum absolute atomic E-state index is 11.4. The summed E-state index contributed by atoms with van der Waals surface area (Å²) in [5.41, 5.74) is 0.847. The molecule has 0 atom stereocenters. The van der Waals surface area contributed by atoms with Crippen LogP contribution >= 0.6 is 27.7 Å². The van der Waals surface area contributed by atoms with E-state index >= 15 is 0 Å². The number of rotatable bonds is 5.